The second-order valence-corrected chi connectivity index (χ2v) is 7.47. The van der Waals surface area contributed by atoms with Crippen molar-refractivity contribution in [2.24, 2.45) is 0 Å². The number of nitrogens with one attached hydrogen (secondary N) is 3. The molecule has 0 bridgehead atoms. The Kier molecular flexibility index (Phi) is 5.58. The molecule has 0 saturated carbocycles. The summed E-state index contributed by atoms with van der Waals surface area (Å²) in [6.07, 6.45) is 1.79. The molecule has 0 fully saturated rings. The highest BCUT2D eigenvalue weighted by Gasteiger charge is 2.19. The fourth-order valence-electron chi connectivity index (χ4n) is 3.94. The predicted molar refractivity (Wildman–Crippen MR) is 114 cm³/mol. The monoisotopic (exact) mass is 373 g/mol. The molecular formula is C24H27N3O. The van der Waals surface area contributed by atoms with E-state index >= 15 is 0 Å². The predicted octanol–water partition coefficient (Wildman–Crippen LogP) is 4.30. The molecule has 4 heteroatoms. The highest BCUT2D eigenvalue weighted by atomic mass is 16.2. The first-order valence-corrected chi connectivity index (χ1v) is 10.1. The van der Waals surface area contributed by atoms with Gasteiger partial charge in [0.2, 0.25) is 0 Å². The van der Waals surface area contributed by atoms with E-state index in [9.17, 15) is 4.79 Å². The van der Waals surface area contributed by atoms with E-state index in [1.54, 1.807) is 0 Å². The molecule has 4 rings (SSSR count). The molecule has 0 saturated heterocycles. The molecule has 144 valence electrons. The number of rotatable bonds is 5. The minimum Gasteiger partial charge on any atom is -0.337 e. The van der Waals surface area contributed by atoms with Crippen molar-refractivity contribution in [2.75, 3.05) is 6.54 Å². The molecule has 2 amide bonds. The summed E-state index contributed by atoms with van der Waals surface area (Å²) in [7, 11) is 0. The van der Waals surface area contributed by atoms with Crippen molar-refractivity contribution in [1.82, 2.24) is 16.0 Å². The number of benzene rings is 3. The van der Waals surface area contributed by atoms with Gasteiger partial charge in [-0.25, -0.2) is 4.79 Å². The molecule has 3 N–H and O–H groups in total. The minimum absolute atomic E-state index is 0.00430. The zero-order valence-corrected chi connectivity index (χ0v) is 16.2. The van der Waals surface area contributed by atoms with Crippen molar-refractivity contribution < 1.29 is 4.79 Å². The summed E-state index contributed by atoms with van der Waals surface area (Å²) in [5, 5.41) is 12.1. The third-order valence-electron chi connectivity index (χ3n) is 5.56. The largest absolute Gasteiger partial charge is 0.337 e. The fourth-order valence-corrected chi connectivity index (χ4v) is 3.94. The third kappa shape index (κ3) is 4.18. The van der Waals surface area contributed by atoms with Gasteiger partial charge in [-0.05, 0) is 46.4 Å². The number of carbonyl (C=O) groups excluding carboxylic acids is 1. The van der Waals surface area contributed by atoms with Gasteiger partial charge in [0, 0.05) is 19.1 Å². The van der Waals surface area contributed by atoms with Gasteiger partial charge in [-0.15, -0.1) is 0 Å². The molecule has 1 heterocycles. The van der Waals surface area contributed by atoms with Crippen LogP contribution in [-0.4, -0.2) is 18.6 Å². The van der Waals surface area contributed by atoms with Crippen LogP contribution in [0.5, 0.6) is 0 Å². The highest BCUT2D eigenvalue weighted by molar-refractivity contribution is 5.83. The maximum absolute atomic E-state index is 12.5. The first-order valence-electron chi connectivity index (χ1n) is 10.1. The lowest BCUT2D eigenvalue weighted by Crippen LogP contribution is -2.47. The van der Waals surface area contributed by atoms with Crippen LogP contribution in [0.15, 0.2) is 66.7 Å². The van der Waals surface area contributed by atoms with Crippen LogP contribution in [0.2, 0.25) is 0 Å². The average Bonchev–Trinajstić information content (AvgIpc) is 2.75. The molecule has 2 atom stereocenters. The maximum Gasteiger partial charge on any atom is 0.315 e. The number of amides is 2. The van der Waals surface area contributed by atoms with Gasteiger partial charge in [0.15, 0.2) is 0 Å². The van der Waals surface area contributed by atoms with Crippen LogP contribution in [0.4, 0.5) is 4.79 Å². The van der Waals surface area contributed by atoms with Crippen LogP contribution in [0.3, 0.4) is 0 Å². The van der Waals surface area contributed by atoms with Gasteiger partial charge in [0.25, 0.3) is 0 Å². The lowest BCUT2D eigenvalue weighted by molar-refractivity contribution is 0.235. The normalized spacial score (nSPS) is 17.0. The lowest BCUT2D eigenvalue weighted by atomic mass is 9.96. The number of hydrogen-bond donors (Lipinski definition) is 3. The van der Waals surface area contributed by atoms with E-state index in [0.29, 0.717) is 6.54 Å². The third-order valence-corrected chi connectivity index (χ3v) is 5.56. The van der Waals surface area contributed by atoms with Gasteiger partial charge in [-0.3, -0.25) is 0 Å². The Morgan fingerprint density at radius 3 is 2.61 bits per heavy atom. The smallest absolute Gasteiger partial charge is 0.315 e. The quantitative estimate of drug-likeness (QED) is 0.624. The van der Waals surface area contributed by atoms with Crippen molar-refractivity contribution in [3.63, 3.8) is 0 Å². The molecule has 4 nitrogen and oxygen atoms in total. The van der Waals surface area contributed by atoms with Crippen molar-refractivity contribution in [3.05, 3.63) is 83.4 Å². The molecular weight excluding hydrogens is 346 g/mol. The summed E-state index contributed by atoms with van der Waals surface area (Å²) in [6, 6.07) is 23.4. The van der Waals surface area contributed by atoms with Gasteiger partial charge in [-0.2, -0.15) is 0 Å². The van der Waals surface area contributed by atoms with Crippen LogP contribution in [-0.2, 0) is 13.0 Å². The SMILES string of the molecule is CCC(NC(=O)NC[C@@H]1Cc2ccccc2CN1)c1ccc2ccccc2c1. The summed E-state index contributed by atoms with van der Waals surface area (Å²) < 4.78 is 0. The van der Waals surface area contributed by atoms with Gasteiger partial charge in [0.1, 0.15) is 0 Å². The number of carbonyl (C=O) groups is 1. The Morgan fingerprint density at radius 2 is 1.79 bits per heavy atom. The molecule has 1 aliphatic rings. The summed E-state index contributed by atoms with van der Waals surface area (Å²) in [5.74, 6) is 0. The minimum atomic E-state index is -0.110. The number of hydrogen-bond acceptors (Lipinski definition) is 2. The Balaban J connectivity index is 1.34. The number of fused-ring (bicyclic) bond motifs is 2. The number of urea groups is 1. The first-order chi connectivity index (χ1) is 13.7. The topological polar surface area (TPSA) is 53.2 Å². The molecule has 1 unspecified atom stereocenters. The lowest BCUT2D eigenvalue weighted by Gasteiger charge is -2.27. The van der Waals surface area contributed by atoms with E-state index in [1.165, 1.54) is 21.9 Å². The Labute approximate surface area is 166 Å². The average molecular weight is 374 g/mol. The Hall–Kier alpha value is -2.85. The van der Waals surface area contributed by atoms with Gasteiger partial charge in [0.05, 0.1) is 6.04 Å². The van der Waals surface area contributed by atoms with Crippen LogP contribution in [0.25, 0.3) is 10.8 Å². The van der Waals surface area contributed by atoms with E-state index in [0.717, 1.165) is 24.9 Å². The van der Waals surface area contributed by atoms with Crippen LogP contribution < -0.4 is 16.0 Å². The molecule has 1 aliphatic heterocycles. The van der Waals surface area contributed by atoms with Crippen molar-refractivity contribution in [2.45, 2.75) is 38.4 Å². The Bertz CT molecular complexity index is 969. The second-order valence-electron chi connectivity index (χ2n) is 7.47. The van der Waals surface area contributed by atoms with Crippen molar-refractivity contribution in [3.8, 4) is 0 Å². The molecule has 0 spiro atoms. The molecule has 3 aromatic rings. The van der Waals surface area contributed by atoms with E-state index in [1.807, 2.05) is 12.1 Å². The first kappa shape index (κ1) is 18.5. The van der Waals surface area contributed by atoms with E-state index in [4.69, 9.17) is 0 Å². The zero-order valence-electron chi connectivity index (χ0n) is 16.2. The maximum atomic E-state index is 12.5. The summed E-state index contributed by atoms with van der Waals surface area (Å²) >= 11 is 0. The van der Waals surface area contributed by atoms with Crippen LogP contribution >= 0.6 is 0 Å². The fraction of sp³-hybridized carbons (Fsp3) is 0.292. The van der Waals surface area contributed by atoms with E-state index in [2.05, 4.69) is 77.5 Å². The summed E-state index contributed by atoms with van der Waals surface area (Å²) in [5.41, 5.74) is 3.86. The standard InChI is InChI=1S/C24H27N3O/c1-2-23(20-12-11-17-7-3-4-8-18(17)13-20)27-24(28)26-16-22-14-19-9-5-6-10-21(19)15-25-22/h3-13,22-23,25H,2,14-16H2,1H3,(H2,26,27,28)/t22-,23?/m0/s1. The van der Waals surface area contributed by atoms with E-state index in [-0.39, 0.29) is 18.1 Å². The van der Waals surface area contributed by atoms with Gasteiger partial charge < -0.3 is 16.0 Å². The molecule has 0 radical (unpaired) electrons. The van der Waals surface area contributed by atoms with Crippen molar-refractivity contribution >= 4 is 16.8 Å². The van der Waals surface area contributed by atoms with E-state index < -0.39 is 0 Å². The van der Waals surface area contributed by atoms with Crippen molar-refractivity contribution in [1.29, 1.82) is 0 Å². The van der Waals surface area contributed by atoms with Gasteiger partial charge >= 0.3 is 6.03 Å². The molecule has 0 aliphatic carbocycles. The highest BCUT2D eigenvalue weighted by Crippen LogP contribution is 2.22. The molecule has 0 aromatic heterocycles. The summed E-state index contributed by atoms with van der Waals surface area (Å²) in [6.45, 7) is 3.58. The second kappa shape index (κ2) is 8.44. The zero-order chi connectivity index (χ0) is 19.3. The summed E-state index contributed by atoms with van der Waals surface area (Å²) in [4.78, 5) is 12.5. The molecule has 3 aromatic carbocycles. The van der Waals surface area contributed by atoms with Gasteiger partial charge in [-0.1, -0.05) is 67.6 Å². The molecule has 28 heavy (non-hydrogen) atoms. The Morgan fingerprint density at radius 1 is 1.04 bits per heavy atom. The van der Waals surface area contributed by atoms with Crippen LogP contribution in [0.1, 0.15) is 36.1 Å². The van der Waals surface area contributed by atoms with Crippen LogP contribution in [0, 0.1) is 0 Å².